The minimum atomic E-state index is -0.583. The van der Waals surface area contributed by atoms with E-state index in [0.29, 0.717) is 22.4 Å². The Morgan fingerprint density at radius 1 is 1.42 bits per heavy atom. The van der Waals surface area contributed by atoms with Crippen LogP contribution in [0.5, 0.6) is 0 Å². The first-order valence-corrected chi connectivity index (χ1v) is 6.17. The predicted octanol–water partition coefficient (Wildman–Crippen LogP) is 1.85. The van der Waals surface area contributed by atoms with Crippen LogP contribution in [0.15, 0.2) is 12.3 Å². The Balaban J connectivity index is 2.56. The minimum Gasteiger partial charge on any atom is -0.364 e. The van der Waals surface area contributed by atoms with Gasteiger partial charge in [0.15, 0.2) is 5.82 Å². The molecule has 100 valence electrons. The molecule has 2 aromatic heterocycles. The van der Waals surface area contributed by atoms with Crippen molar-refractivity contribution >= 4 is 17.5 Å². The van der Waals surface area contributed by atoms with Gasteiger partial charge in [-0.2, -0.15) is 5.10 Å². The lowest BCUT2D eigenvalue weighted by Crippen LogP contribution is -2.13. The van der Waals surface area contributed by atoms with Gasteiger partial charge in [0, 0.05) is 17.7 Å². The molecule has 0 aliphatic rings. The topological polar surface area (TPSA) is 86.7 Å². The molecule has 0 saturated carbocycles. The van der Waals surface area contributed by atoms with Gasteiger partial charge in [0.05, 0.1) is 0 Å². The third-order valence-corrected chi connectivity index (χ3v) is 3.02. The van der Waals surface area contributed by atoms with Crippen molar-refractivity contribution in [3.8, 4) is 5.82 Å². The highest BCUT2D eigenvalue weighted by atomic mass is 35.5. The van der Waals surface area contributed by atoms with E-state index in [0.717, 1.165) is 0 Å². The summed E-state index contributed by atoms with van der Waals surface area (Å²) in [6, 6.07) is 1.53. The van der Waals surface area contributed by atoms with Crippen LogP contribution >= 0.6 is 11.6 Å². The Morgan fingerprint density at radius 3 is 2.63 bits per heavy atom. The molecule has 0 atom stereocenters. The number of hydrogen-bond donors (Lipinski definition) is 1. The van der Waals surface area contributed by atoms with Gasteiger partial charge in [-0.3, -0.25) is 4.79 Å². The van der Waals surface area contributed by atoms with Gasteiger partial charge >= 0.3 is 0 Å². The fourth-order valence-electron chi connectivity index (χ4n) is 1.55. The lowest BCUT2D eigenvalue weighted by atomic mass is 10.2. The lowest BCUT2D eigenvalue weighted by Gasteiger charge is -2.10. The number of halogens is 1. The monoisotopic (exact) mass is 279 g/mol. The zero-order valence-corrected chi connectivity index (χ0v) is 11.6. The van der Waals surface area contributed by atoms with Crippen LogP contribution in [0.2, 0.25) is 5.15 Å². The van der Waals surface area contributed by atoms with Gasteiger partial charge in [-0.25, -0.2) is 14.6 Å². The molecule has 7 heteroatoms. The molecule has 0 aliphatic carbocycles. The van der Waals surface area contributed by atoms with Crippen LogP contribution < -0.4 is 5.73 Å². The van der Waals surface area contributed by atoms with Crippen LogP contribution in [0.1, 0.15) is 41.6 Å². The summed E-state index contributed by atoms with van der Waals surface area (Å²) in [6.45, 7) is 5.75. The van der Waals surface area contributed by atoms with E-state index >= 15 is 0 Å². The van der Waals surface area contributed by atoms with E-state index in [1.165, 1.54) is 10.7 Å². The second-order valence-electron chi connectivity index (χ2n) is 4.49. The summed E-state index contributed by atoms with van der Waals surface area (Å²) < 4.78 is 1.48. The zero-order chi connectivity index (χ0) is 14.2. The number of nitrogens with zero attached hydrogens (tertiary/aromatic N) is 4. The average Bonchev–Trinajstić information content (AvgIpc) is 2.81. The SMILES string of the molecule is Cc1c(Cl)nc(C(C)C)nc1-n1ccc(C(N)=O)n1. The van der Waals surface area contributed by atoms with E-state index in [4.69, 9.17) is 17.3 Å². The van der Waals surface area contributed by atoms with Gasteiger partial charge in [0.2, 0.25) is 0 Å². The highest BCUT2D eigenvalue weighted by Gasteiger charge is 2.15. The molecule has 0 aromatic carbocycles. The lowest BCUT2D eigenvalue weighted by molar-refractivity contribution is 0.0995. The Labute approximate surface area is 115 Å². The summed E-state index contributed by atoms with van der Waals surface area (Å²) >= 11 is 6.10. The maximum atomic E-state index is 11.1. The van der Waals surface area contributed by atoms with Gasteiger partial charge in [-0.05, 0) is 13.0 Å². The Kier molecular flexibility index (Phi) is 3.53. The van der Waals surface area contributed by atoms with E-state index in [-0.39, 0.29) is 11.6 Å². The number of nitrogens with two attached hydrogens (primary N) is 1. The van der Waals surface area contributed by atoms with Crippen molar-refractivity contribution in [2.45, 2.75) is 26.7 Å². The predicted molar refractivity (Wildman–Crippen MR) is 71.5 cm³/mol. The molecule has 19 heavy (non-hydrogen) atoms. The maximum Gasteiger partial charge on any atom is 0.269 e. The standard InChI is InChI=1S/C12H14ClN5O/c1-6(2)11-15-9(13)7(3)12(16-11)18-5-4-8(17-18)10(14)19/h4-6H,1-3H3,(H2,14,19). The Bertz CT molecular complexity index is 635. The van der Waals surface area contributed by atoms with Crippen LogP contribution in [-0.4, -0.2) is 25.7 Å². The molecule has 2 N–H and O–H groups in total. The molecule has 2 rings (SSSR count). The van der Waals surface area contributed by atoms with Crippen LogP contribution in [0.4, 0.5) is 0 Å². The van der Waals surface area contributed by atoms with Crippen molar-refractivity contribution in [3.63, 3.8) is 0 Å². The summed E-state index contributed by atoms with van der Waals surface area (Å²) in [4.78, 5) is 19.7. The Morgan fingerprint density at radius 2 is 2.11 bits per heavy atom. The molecule has 0 spiro atoms. The number of amides is 1. The molecule has 0 bridgehead atoms. The summed E-state index contributed by atoms with van der Waals surface area (Å²) in [5, 5.41) is 4.46. The van der Waals surface area contributed by atoms with Gasteiger partial charge in [0.25, 0.3) is 5.91 Å². The van der Waals surface area contributed by atoms with Gasteiger partial charge in [0.1, 0.15) is 16.7 Å². The molecule has 0 unspecified atom stereocenters. The third-order valence-electron chi connectivity index (χ3n) is 2.65. The van der Waals surface area contributed by atoms with Crippen molar-refractivity contribution in [2.24, 2.45) is 5.73 Å². The van der Waals surface area contributed by atoms with Crippen LogP contribution in [0, 0.1) is 6.92 Å². The van der Waals surface area contributed by atoms with Crippen molar-refractivity contribution in [1.82, 2.24) is 19.7 Å². The molecular formula is C12H14ClN5O. The molecule has 0 fully saturated rings. The maximum absolute atomic E-state index is 11.1. The average molecular weight is 280 g/mol. The fraction of sp³-hybridized carbons (Fsp3) is 0.333. The van der Waals surface area contributed by atoms with Gasteiger partial charge in [-0.15, -0.1) is 0 Å². The minimum absolute atomic E-state index is 0.142. The molecule has 0 saturated heterocycles. The molecule has 0 aliphatic heterocycles. The number of carbonyl (C=O) groups is 1. The first-order valence-electron chi connectivity index (χ1n) is 5.80. The molecular weight excluding hydrogens is 266 g/mol. The summed E-state index contributed by atoms with van der Waals surface area (Å²) in [6.07, 6.45) is 1.62. The highest BCUT2D eigenvalue weighted by molar-refractivity contribution is 6.30. The van der Waals surface area contributed by atoms with Crippen molar-refractivity contribution < 1.29 is 4.79 Å². The molecule has 6 nitrogen and oxygen atoms in total. The van der Waals surface area contributed by atoms with Crippen LogP contribution in [0.3, 0.4) is 0 Å². The van der Waals surface area contributed by atoms with E-state index < -0.39 is 5.91 Å². The number of carbonyl (C=O) groups excluding carboxylic acids is 1. The molecule has 2 aromatic rings. The van der Waals surface area contributed by atoms with Crippen molar-refractivity contribution in [1.29, 1.82) is 0 Å². The molecule has 0 radical (unpaired) electrons. The Hall–Kier alpha value is -1.95. The summed E-state index contributed by atoms with van der Waals surface area (Å²) in [5.74, 6) is 0.738. The van der Waals surface area contributed by atoms with E-state index in [9.17, 15) is 4.79 Å². The zero-order valence-electron chi connectivity index (χ0n) is 10.9. The molecule has 2 heterocycles. The number of rotatable bonds is 3. The second-order valence-corrected chi connectivity index (χ2v) is 4.84. The quantitative estimate of drug-likeness (QED) is 0.869. The number of aromatic nitrogens is 4. The van der Waals surface area contributed by atoms with Crippen LogP contribution in [-0.2, 0) is 0 Å². The largest absolute Gasteiger partial charge is 0.364 e. The summed E-state index contributed by atoms with van der Waals surface area (Å²) in [7, 11) is 0. The highest BCUT2D eigenvalue weighted by Crippen LogP contribution is 2.21. The number of hydrogen-bond acceptors (Lipinski definition) is 4. The third kappa shape index (κ3) is 2.58. The number of primary amides is 1. The van der Waals surface area contributed by atoms with Gasteiger partial charge < -0.3 is 5.73 Å². The van der Waals surface area contributed by atoms with Crippen LogP contribution in [0.25, 0.3) is 5.82 Å². The fourth-order valence-corrected chi connectivity index (χ4v) is 1.72. The van der Waals surface area contributed by atoms with E-state index in [2.05, 4.69) is 15.1 Å². The second kappa shape index (κ2) is 4.97. The smallest absolute Gasteiger partial charge is 0.269 e. The molecule has 1 amide bonds. The first kappa shape index (κ1) is 13.5. The summed E-state index contributed by atoms with van der Waals surface area (Å²) in [5.41, 5.74) is 6.06. The van der Waals surface area contributed by atoms with Gasteiger partial charge in [-0.1, -0.05) is 25.4 Å². The first-order chi connectivity index (χ1) is 8.90. The van der Waals surface area contributed by atoms with E-state index in [1.807, 2.05) is 13.8 Å². The van der Waals surface area contributed by atoms with Crippen molar-refractivity contribution in [2.75, 3.05) is 0 Å². The van der Waals surface area contributed by atoms with Crippen molar-refractivity contribution in [3.05, 3.63) is 34.5 Å². The normalized spacial score (nSPS) is 11.0. The van der Waals surface area contributed by atoms with E-state index in [1.54, 1.807) is 13.1 Å².